The van der Waals surface area contributed by atoms with Crippen molar-refractivity contribution in [3.63, 3.8) is 0 Å². The van der Waals surface area contributed by atoms with Crippen LogP contribution in [0, 0.1) is 12.7 Å². The Morgan fingerprint density at radius 2 is 2.09 bits per heavy atom. The van der Waals surface area contributed by atoms with Gasteiger partial charge in [-0.25, -0.2) is 4.39 Å². The van der Waals surface area contributed by atoms with E-state index in [9.17, 15) is 18.8 Å². The zero-order chi connectivity index (χ0) is 24.2. The van der Waals surface area contributed by atoms with Crippen molar-refractivity contribution >= 4 is 23.3 Å². The first-order chi connectivity index (χ1) is 16.3. The third-order valence-electron chi connectivity index (χ3n) is 5.95. The van der Waals surface area contributed by atoms with E-state index in [2.05, 4.69) is 5.32 Å². The van der Waals surface area contributed by atoms with Crippen molar-refractivity contribution in [1.29, 1.82) is 0 Å². The Balaban J connectivity index is 1.47. The van der Waals surface area contributed by atoms with Gasteiger partial charge in [0.05, 0.1) is 11.8 Å². The Morgan fingerprint density at radius 3 is 2.82 bits per heavy atom. The number of anilines is 1. The van der Waals surface area contributed by atoms with Crippen LogP contribution in [0.1, 0.15) is 35.7 Å². The first kappa shape index (κ1) is 23.7. The van der Waals surface area contributed by atoms with Crippen LogP contribution in [-0.4, -0.2) is 56.1 Å². The molecule has 34 heavy (non-hydrogen) atoms. The van der Waals surface area contributed by atoms with E-state index in [4.69, 9.17) is 14.2 Å². The summed E-state index contributed by atoms with van der Waals surface area (Å²) in [7, 11) is 0. The normalized spacial score (nSPS) is 18.1. The van der Waals surface area contributed by atoms with Crippen LogP contribution in [-0.2, 0) is 14.3 Å². The molecule has 1 N–H and O–H groups in total. The highest BCUT2D eigenvalue weighted by Crippen LogP contribution is 2.34. The van der Waals surface area contributed by atoms with Crippen molar-refractivity contribution in [2.75, 3.05) is 31.3 Å². The summed E-state index contributed by atoms with van der Waals surface area (Å²) in [6.45, 7) is 3.93. The lowest BCUT2D eigenvalue weighted by molar-refractivity contribution is -0.127. The third-order valence-corrected chi connectivity index (χ3v) is 5.95. The van der Waals surface area contributed by atoms with Crippen LogP contribution < -0.4 is 19.7 Å². The second-order valence-electron chi connectivity index (χ2n) is 8.41. The molecule has 2 amide bonds. The van der Waals surface area contributed by atoms with Gasteiger partial charge in [0.15, 0.2) is 19.0 Å². The van der Waals surface area contributed by atoms with Gasteiger partial charge < -0.3 is 19.5 Å². The number of hydrogen-bond acceptors (Lipinski definition) is 6. The lowest BCUT2D eigenvalue weighted by Gasteiger charge is -2.33. The second-order valence-corrected chi connectivity index (χ2v) is 8.41. The first-order valence-electron chi connectivity index (χ1n) is 11.2. The zero-order valence-electron chi connectivity index (χ0n) is 19.1. The Bertz CT molecular complexity index is 1100. The average molecular weight is 470 g/mol. The predicted molar refractivity (Wildman–Crippen MR) is 122 cm³/mol. The topological polar surface area (TPSA) is 94.2 Å². The average Bonchev–Trinajstić information content (AvgIpc) is 3.34. The molecule has 2 aromatic rings. The number of carbonyl (C=O) groups excluding carboxylic acids is 3. The monoisotopic (exact) mass is 470 g/mol. The fourth-order valence-corrected chi connectivity index (χ4v) is 4.06. The first-order valence-corrected chi connectivity index (χ1v) is 11.2. The minimum atomic E-state index is -0.806. The van der Waals surface area contributed by atoms with Crippen LogP contribution in [0.2, 0.25) is 0 Å². The predicted octanol–water partition coefficient (Wildman–Crippen LogP) is 2.80. The molecule has 1 fully saturated rings. The molecule has 4 rings (SSSR count). The maximum Gasteiger partial charge on any atom is 0.265 e. The molecule has 0 saturated carbocycles. The molecule has 0 radical (unpaired) electrons. The van der Waals surface area contributed by atoms with E-state index in [1.807, 2.05) is 0 Å². The number of Topliss-reactive ketones (excluding diaryl/α,β-unsaturated/α-hetero) is 1. The van der Waals surface area contributed by atoms with Gasteiger partial charge in [-0.2, -0.15) is 0 Å². The van der Waals surface area contributed by atoms with Crippen LogP contribution in [0.3, 0.4) is 0 Å². The number of amides is 2. The number of nitrogens with zero attached hydrogens (tertiary/aromatic N) is 1. The van der Waals surface area contributed by atoms with E-state index in [0.29, 0.717) is 41.5 Å². The number of halogens is 1. The summed E-state index contributed by atoms with van der Waals surface area (Å²) in [4.78, 5) is 39.6. The molecule has 0 aliphatic carbocycles. The molecular weight excluding hydrogens is 443 g/mol. The van der Waals surface area contributed by atoms with Gasteiger partial charge >= 0.3 is 0 Å². The number of rotatable bonds is 8. The summed E-state index contributed by atoms with van der Waals surface area (Å²) in [5.74, 6) is -0.599. The second kappa shape index (κ2) is 10.2. The van der Waals surface area contributed by atoms with Crippen LogP contribution in [0.15, 0.2) is 36.4 Å². The fourth-order valence-electron chi connectivity index (χ4n) is 4.06. The SMILES string of the molecule is Cc1cc(F)ccc1OCC(=O)c1ccc2c(c1)N(C(C)C(=O)NCC1CCCO1)C(=O)CO2. The van der Waals surface area contributed by atoms with E-state index >= 15 is 0 Å². The Morgan fingerprint density at radius 1 is 1.26 bits per heavy atom. The number of fused-ring (bicyclic) bond motifs is 1. The minimum Gasteiger partial charge on any atom is -0.485 e. The lowest BCUT2D eigenvalue weighted by Crippen LogP contribution is -2.52. The Hall–Kier alpha value is -3.46. The lowest BCUT2D eigenvalue weighted by atomic mass is 10.1. The number of ketones is 1. The van der Waals surface area contributed by atoms with Gasteiger partial charge in [-0.15, -0.1) is 0 Å². The molecule has 2 aliphatic heterocycles. The molecule has 0 spiro atoms. The van der Waals surface area contributed by atoms with E-state index < -0.39 is 6.04 Å². The van der Waals surface area contributed by atoms with Gasteiger partial charge in [0.25, 0.3) is 5.91 Å². The summed E-state index contributed by atoms with van der Waals surface area (Å²) in [6, 6.07) is 7.96. The molecule has 180 valence electrons. The summed E-state index contributed by atoms with van der Waals surface area (Å²) in [5, 5.41) is 2.85. The van der Waals surface area contributed by atoms with E-state index in [0.717, 1.165) is 12.8 Å². The summed E-state index contributed by atoms with van der Waals surface area (Å²) < 4.78 is 29.9. The molecule has 2 aliphatic rings. The molecule has 0 bridgehead atoms. The van der Waals surface area contributed by atoms with Crippen molar-refractivity contribution in [3.05, 3.63) is 53.3 Å². The van der Waals surface area contributed by atoms with Gasteiger partial charge in [-0.3, -0.25) is 19.3 Å². The molecule has 2 heterocycles. The van der Waals surface area contributed by atoms with Crippen LogP contribution in [0.4, 0.5) is 10.1 Å². The molecular formula is C25H27FN2O6. The number of carbonyl (C=O) groups is 3. The Kier molecular flexibility index (Phi) is 7.12. The van der Waals surface area contributed by atoms with Crippen molar-refractivity contribution in [3.8, 4) is 11.5 Å². The molecule has 0 aromatic heterocycles. The number of aryl methyl sites for hydroxylation is 1. The number of nitrogens with one attached hydrogen (secondary N) is 1. The maximum atomic E-state index is 13.3. The van der Waals surface area contributed by atoms with Crippen LogP contribution in [0.5, 0.6) is 11.5 Å². The van der Waals surface area contributed by atoms with Crippen LogP contribution in [0.25, 0.3) is 0 Å². The van der Waals surface area contributed by atoms with Gasteiger partial charge in [0.1, 0.15) is 23.4 Å². The van der Waals surface area contributed by atoms with E-state index in [1.165, 1.54) is 29.2 Å². The molecule has 2 unspecified atom stereocenters. The summed E-state index contributed by atoms with van der Waals surface area (Å²) >= 11 is 0. The van der Waals surface area contributed by atoms with Crippen molar-refractivity contribution in [2.45, 2.75) is 38.8 Å². The standard InChI is InChI=1S/C25H27FN2O6/c1-15-10-18(26)6-8-22(15)33-13-21(29)17-5-7-23-20(11-17)28(24(30)14-34-23)16(2)25(31)27-12-19-4-3-9-32-19/h5-8,10-11,16,19H,3-4,9,12-14H2,1-2H3,(H,27,31). The fraction of sp³-hybridized carbons (Fsp3) is 0.400. The molecule has 8 nitrogen and oxygen atoms in total. The highest BCUT2D eigenvalue weighted by atomic mass is 19.1. The maximum absolute atomic E-state index is 13.3. The summed E-state index contributed by atoms with van der Waals surface area (Å²) in [5.41, 5.74) is 1.22. The summed E-state index contributed by atoms with van der Waals surface area (Å²) in [6.07, 6.45) is 1.84. The van der Waals surface area contributed by atoms with Crippen molar-refractivity contribution < 1.29 is 33.0 Å². The van der Waals surface area contributed by atoms with Crippen LogP contribution >= 0.6 is 0 Å². The molecule has 9 heteroatoms. The molecule has 2 aromatic carbocycles. The molecule has 2 atom stereocenters. The Labute approximate surface area is 197 Å². The largest absolute Gasteiger partial charge is 0.485 e. The highest BCUT2D eigenvalue weighted by molar-refractivity contribution is 6.05. The van der Waals surface area contributed by atoms with Gasteiger partial charge in [-0.1, -0.05) is 0 Å². The smallest absolute Gasteiger partial charge is 0.265 e. The van der Waals surface area contributed by atoms with Gasteiger partial charge in [0, 0.05) is 18.7 Å². The number of hydrogen-bond donors (Lipinski definition) is 1. The molecule has 1 saturated heterocycles. The van der Waals surface area contributed by atoms with Gasteiger partial charge in [0.2, 0.25) is 5.91 Å². The minimum absolute atomic E-state index is 0.0159. The van der Waals surface area contributed by atoms with Crippen molar-refractivity contribution in [1.82, 2.24) is 5.32 Å². The van der Waals surface area contributed by atoms with E-state index in [-0.39, 0.29) is 42.7 Å². The zero-order valence-corrected chi connectivity index (χ0v) is 19.1. The number of ether oxygens (including phenoxy) is 3. The van der Waals surface area contributed by atoms with Gasteiger partial charge in [-0.05, 0) is 68.7 Å². The third kappa shape index (κ3) is 5.20. The van der Waals surface area contributed by atoms with Crippen molar-refractivity contribution in [2.24, 2.45) is 0 Å². The van der Waals surface area contributed by atoms with E-state index in [1.54, 1.807) is 26.0 Å². The highest BCUT2D eigenvalue weighted by Gasteiger charge is 2.34. The number of benzene rings is 2. The quantitative estimate of drug-likeness (QED) is 0.597.